The predicted molar refractivity (Wildman–Crippen MR) is 100 cm³/mol. The molecule has 1 aromatic carbocycles. The van der Waals surface area contributed by atoms with Gasteiger partial charge in [-0.3, -0.25) is 4.90 Å². The van der Waals surface area contributed by atoms with Crippen molar-refractivity contribution in [3.63, 3.8) is 0 Å². The Morgan fingerprint density at radius 3 is 2.63 bits per heavy atom. The number of benzene rings is 1. The van der Waals surface area contributed by atoms with Crippen molar-refractivity contribution < 1.29 is 13.2 Å². The van der Waals surface area contributed by atoms with Gasteiger partial charge in [0.15, 0.2) is 4.34 Å². The summed E-state index contributed by atoms with van der Waals surface area (Å²) in [5.41, 5.74) is 0.0280. The molecule has 3 rings (SSSR count). The molecule has 0 amide bonds. The first kappa shape index (κ1) is 19.9. The number of nitrogens with zero attached hydrogens (tertiary/aromatic N) is 5. The molecule has 0 N–H and O–H groups in total. The standard InChI is InChI=1S/C17H18F3N5S2/c18-17(19,20)13-3-1-4-14(11-13)25-8-6-24(7-9-25)5-2-10-26-16-23-22-15(12-21)27-16/h1,3-4,11H,2,5-10H2. The molecule has 1 fully saturated rings. The number of anilines is 1. The first-order valence-electron chi connectivity index (χ1n) is 8.46. The van der Waals surface area contributed by atoms with E-state index in [2.05, 4.69) is 15.1 Å². The highest BCUT2D eigenvalue weighted by atomic mass is 32.2. The second-order valence-electron chi connectivity index (χ2n) is 6.06. The maximum Gasteiger partial charge on any atom is 0.416 e. The summed E-state index contributed by atoms with van der Waals surface area (Å²) in [6, 6.07) is 7.51. The van der Waals surface area contributed by atoms with Gasteiger partial charge in [-0.2, -0.15) is 18.4 Å². The SMILES string of the molecule is N#Cc1nnc(SCCCN2CCN(c3cccc(C(F)(F)F)c3)CC2)s1. The van der Waals surface area contributed by atoms with Gasteiger partial charge in [-0.25, -0.2) is 0 Å². The van der Waals surface area contributed by atoms with E-state index in [-0.39, 0.29) is 0 Å². The third-order valence-corrected chi connectivity index (χ3v) is 6.30. The number of rotatable bonds is 6. The lowest BCUT2D eigenvalue weighted by atomic mass is 10.1. The second-order valence-corrected chi connectivity index (χ2v) is 8.38. The van der Waals surface area contributed by atoms with Crippen LogP contribution in [-0.2, 0) is 6.18 Å². The molecule has 144 valence electrons. The van der Waals surface area contributed by atoms with Gasteiger partial charge in [0, 0.05) is 37.6 Å². The Kier molecular flexibility index (Phi) is 6.57. The van der Waals surface area contributed by atoms with Gasteiger partial charge in [-0.15, -0.1) is 10.2 Å². The average Bonchev–Trinajstić information content (AvgIpc) is 3.13. The average molecular weight is 413 g/mol. The first-order chi connectivity index (χ1) is 13.0. The number of halogens is 3. The number of thioether (sulfide) groups is 1. The third kappa shape index (κ3) is 5.57. The van der Waals surface area contributed by atoms with E-state index in [1.165, 1.54) is 23.5 Å². The van der Waals surface area contributed by atoms with E-state index < -0.39 is 11.7 Å². The zero-order chi connectivity index (χ0) is 19.3. The minimum Gasteiger partial charge on any atom is -0.369 e. The summed E-state index contributed by atoms with van der Waals surface area (Å²) in [6.45, 7) is 4.04. The molecule has 0 aliphatic carbocycles. The van der Waals surface area contributed by atoms with Crippen LogP contribution in [0.4, 0.5) is 18.9 Å². The summed E-state index contributed by atoms with van der Waals surface area (Å²) in [7, 11) is 0. The molecule has 0 saturated carbocycles. The van der Waals surface area contributed by atoms with Gasteiger partial charge in [-0.05, 0) is 31.2 Å². The van der Waals surface area contributed by atoms with Crippen molar-refractivity contribution >= 4 is 28.8 Å². The van der Waals surface area contributed by atoms with Crippen molar-refractivity contribution in [3.8, 4) is 6.07 Å². The Labute approximate surface area is 163 Å². The molecule has 0 spiro atoms. The van der Waals surface area contributed by atoms with Crippen LogP contribution in [0.1, 0.15) is 17.0 Å². The molecule has 2 aromatic rings. The monoisotopic (exact) mass is 413 g/mol. The van der Waals surface area contributed by atoms with Crippen molar-refractivity contribution in [3.05, 3.63) is 34.8 Å². The summed E-state index contributed by atoms with van der Waals surface area (Å²) >= 11 is 2.90. The van der Waals surface area contributed by atoms with Crippen LogP contribution < -0.4 is 4.90 Å². The summed E-state index contributed by atoms with van der Waals surface area (Å²) in [5.74, 6) is 0.897. The fraction of sp³-hybridized carbons (Fsp3) is 0.471. The van der Waals surface area contributed by atoms with Crippen LogP contribution in [0.25, 0.3) is 0 Å². The molecule has 1 aliphatic heterocycles. The Morgan fingerprint density at radius 2 is 1.96 bits per heavy atom. The van der Waals surface area contributed by atoms with E-state index in [0.29, 0.717) is 10.7 Å². The number of hydrogen-bond acceptors (Lipinski definition) is 7. The lowest BCUT2D eigenvalue weighted by molar-refractivity contribution is -0.137. The fourth-order valence-electron chi connectivity index (χ4n) is 2.87. The molecule has 0 radical (unpaired) electrons. The molecule has 5 nitrogen and oxygen atoms in total. The summed E-state index contributed by atoms with van der Waals surface area (Å²) in [4.78, 5) is 4.33. The van der Waals surface area contributed by atoms with Gasteiger partial charge in [0.05, 0.1) is 5.56 Å². The van der Waals surface area contributed by atoms with E-state index in [4.69, 9.17) is 5.26 Å². The van der Waals surface area contributed by atoms with E-state index in [0.717, 1.165) is 55.3 Å². The van der Waals surface area contributed by atoms with Crippen LogP contribution in [0.5, 0.6) is 0 Å². The quantitative estimate of drug-likeness (QED) is 0.531. The van der Waals surface area contributed by atoms with Crippen molar-refractivity contribution in [2.24, 2.45) is 0 Å². The van der Waals surface area contributed by atoms with Gasteiger partial charge in [0.25, 0.3) is 0 Å². The Hall–Kier alpha value is -1.83. The van der Waals surface area contributed by atoms with Crippen molar-refractivity contribution in [1.29, 1.82) is 5.26 Å². The van der Waals surface area contributed by atoms with Crippen LogP contribution in [0.15, 0.2) is 28.6 Å². The second kappa shape index (κ2) is 8.91. The Morgan fingerprint density at radius 1 is 1.19 bits per heavy atom. The maximum absolute atomic E-state index is 12.9. The number of piperazine rings is 1. The van der Waals surface area contributed by atoms with Gasteiger partial charge in [0.1, 0.15) is 6.07 Å². The van der Waals surface area contributed by atoms with Crippen molar-refractivity contribution in [2.45, 2.75) is 16.9 Å². The topological polar surface area (TPSA) is 56.1 Å². The minimum absolute atomic E-state index is 0.378. The number of aromatic nitrogens is 2. The van der Waals surface area contributed by atoms with Gasteiger partial charge < -0.3 is 4.90 Å². The normalized spacial score (nSPS) is 15.7. The fourth-order valence-corrected chi connectivity index (χ4v) is 4.51. The van der Waals surface area contributed by atoms with Crippen LogP contribution in [0.2, 0.25) is 0 Å². The molecule has 0 bridgehead atoms. The highest BCUT2D eigenvalue weighted by Gasteiger charge is 2.31. The largest absolute Gasteiger partial charge is 0.416 e. The highest BCUT2D eigenvalue weighted by Crippen LogP contribution is 2.32. The lowest BCUT2D eigenvalue weighted by Gasteiger charge is -2.36. The smallest absolute Gasteiger partial charge is 0.369 e. The lowest BCUT2D eigenvalue weighted by Crippen LogP contribution is -2.46. The molecule has 2 heterocycles. The van der Waals surface area contributed by atoms with E-state index >= 15 is 0 Å². The van der Waals surface area contributed by atoms with E-state index in [9.17, 15) is 13.2 Å². The number of hydrogen-bond donors (Lipinski definition) is 0. The predicted octanol–water partition coefficient (Wildman–Crippen LogP) is 3.73. The van der Waals surface area contributed by atoms with Gasteiger partial charge in [0.2, 0.25) is 5.01 Å². The third-order valence-electron chi connectivity index (χ3n) is 4.26. The molecule has 0 atom stereocenters. The molecule has 27 heavy (non-hydrogen) atoms. The Balaban J connectivity index is 1.41. The van der Waals surface area contributed by atoms with Crippen LogP contribution in [0.3, 0.4) is 0 Å². The van der Waals surface area contributed by atoms with Crippen LogP contribution >= 0.6 is 23.1 Å². The zero-order valence-corrected chi connectivity index (χ0v) is 16.1. The molecular formula is C17H18F3N5S2. The molecule has 1 aromatic heterocycles. The van der Waals surface area contributed by atoms with Crippen molar-refractivity contribution in [1.82, 2.24) is 15.1 Å². The summed E-state index contributed by atoms with van der Waals surface area (Å²) < 4.78 is 39.4. The zero-order valence-electron chi connectivity index (χ0n) is 14.4. The molecule has 1 aliphatic rings. The first-order valence-corrected chi connectivity index (χ1v) is 10.3. The maximum atomic E-state index is 12.9. The molecule has 0 unspecified atom stereocenters. The van der Waals surface area contributed by atoms with Crippen LogP contribution in [-0.4, -0.2) is 53.6 Å². The summed E-state index contributed by atoms with van der Waals surface area (Å²) in [6.07, 6.45) is -3.33. The van der Waals surface area contributed by atoms with E-state index in [1.54, 1.807) is 17.8 Å². The minimum atomic E-state index is -4.31. The van der Waals surface area contributed by atoms with Crippen molar-refractivity contribution in [2.75, 3.05) is 43.4 Å². The molecule has 10 heteroatoms. The number of nitriles is 1. The number of alkyl halides is 3. The van der Waals surface area contributed by atoms with E-state index in [1.807, 2.05) is 11.0 Å². The van der Waals surface area contributed by atoms with Gasteiger partial charge in [-0.1, -0.05) is 29.2 Å². The van der Waals surface area contributed by atoms with Gasteiger partial charge >= 0.3 is 6.18 Å². The Bertz CT molecular complexity index is 794. The van der Waals surface area contributed by atoms with Crippen LogP contribution in [0, 0.1) is 11.3 Å². The highest BCUT2D eigenvalue weighted by molar-refractivity contribution is 8.01. The molecule has 1 saturated heterocycles. The molecular weight excluding hydrogens is 395 g/mol. The summed E-state index contributed by atoms with van der Waals surface area (Å²) in [5, 5.41) is 16.8.